The van der Waals surface area contributed by atoms with E-state index < -0.39 is 18.1 Å². The van der Waals surface area contributed by atoms with Gasteiger partial charge >= 0.3 is 5.97 Å². The molecule has 2 rings (SSSR count). The van der Waals surface area contributed by atoms with E-state index in [1.807, 2.05) is 0 Å². The summed E-state index contributed by atoms with van der Waals surface area (Å²) in [5.74, 6) is -0.979. The Morgan fingerprint density at radius 3 is 2.46 bits per heavy atom. The number of nitrogens with zero attached hydrogens (tertiary/aromatic N) is 1. The molecule has 0 aliphatic carbocycles. The topological polar surface area (TPSA) is 84.9 Å². The average Bonchev–Trinajstić information content (AvgIpc) is 2.97. The zero-order valence-electron chi connectivity index (χ0n) is 16.0. The summed E-state index contributed by atoms with van der Waals surface area (Å²) in [5.41, 5.74) is 0.790. The van der Waals surface area contributed by atoms with E-state index in [0.717, 1.165) is 5.56 Å². The molecule has 0 saturated carbocycles. The smallest absolute Gasteiger partial charge is 0.331 e. The minimum atomic E-state index is -0.917. The summed E-state index contributed by atoms with van der Waals surface area (Å²) >= 11 is 12.1. The van der Waals surface area contributed by atoms with Crippen LogP contribution in [0, 0.1) is 0 Å². The second-order valence-corrected chi connectivity index (χ2v) is 7.58. The van der Waals surface area contributed by atoms with Crippen LogP contribution in [0.25, 0.3) is 0 Å². The maximum Gasteiger partial charge on any atom is 0.331 e. The third kappa shape index (κ3) is 5.83. The highest BCUT2D eigenvalue weighted by molar-refractivity contribution is 6.34. The lowest BCUT2D eigenvalue weighted by Gasteiger charge is -2.26. The van der Waals surface area contributed by atoms with E-state index >= 15 is 0 Å². The predicted molar refractivity (Wildman–Crippen MR) is 105 cm³/mol. The number of nitrogens with one attached hydrogen (secondary N) is 1. The first-order valence-corrected chi connectivity index (χ1v) is 9.65. The van der Waals surface area contributed by atoms with Crippen molar-refractivity contribution < 1.29 is 23.9 Å². The Labute approximate surface area is 174 Å². The SMILES string of the molecule is COC(=O)[C@@H](NC(=O)C[C@@H]1CCC(=O)N1Cc1cc(Cl)cc(Cl)c1)[C@@H](C)OC. The molecule has 3 atom stereocenters. The van der Waals surface area contributed by atoms with E-state index in [4.69, 9.17) is 32.7 Å². The van der Waals surface area contributed by atoms with Gasteiger partial charge < -0.3 is 19.7 Å². The first-order valence-electron chi connectivity index (χ1n) is 8.89. The van der Waals surface area contributed by atoms with Crippen molar-refractivity contribution in [3.63, 3.8) is 0 Å². The third-order valence-corrected chi connectivity index (χ3v) is 5.20. The summed E-state index contributed by atoms with van der Waals surface area (Å²) in [7, 11) is 2.69. The molecule has 7 nitrogen and oxygen atoms in total. The number of rotatable bonds is 8. The molecule has 0 radical (unpaired) electrons. The molecular weight excluding hydrogens is 407 g/mol. The standard InChI is InChI=1S/C19H24Cl2N2O5/c1-11(27-2)18(19(26)28-3)22-16(24)9-15-4-5-17(25)23(15)10-12-6-13(20)8-14(21)7-12/h6-8,11,15,18H,4-5,9-10H2,1-3H3,(H,22,24)/t11-,15+,18+/m1/s1. The van der Waals surface area contributed by atoms with Crippen molar-refractivity contribution in [3.05, 3.63) is 33.8 Å². The average molecular weight is 431 g/mol. The van der Waals surface area contributed by atoms with E-state index in [-0.39, 0.29) is 24.3 Å². The van der Waals surface area contributed by atoms with E-state index in [0.29, 0.717) is 29.4 Å². The van der Waals surface area contributed by atoms with Crippen molar-refractivity contribution in [1.29, 1.82) is 0 Å². The number of amides is 2. The lowest BCUT2D eigenvalue weighted by Crippen LogP contribution is -2.50. The van der Waals surface area contributed by atoms with E-state index in [1.165, 1.54) is 14.2 Å². The van der Waals surface area contributed by atoms with Gasteiger partial charge in [-0.05, 0) is 37.1 Å². The highest BCUT2D eigenvalue weighted by atomic mass is 35.5. The van der Waals surface area contributed by atoms with Crippen LogP contribution in [-0.4, -0.2) is 55.1 Å². The molecule has 0 unspecified atom stereocenters. The number of ether oxygens (including phenoxy) is 2. The van der Waals surface area contributed by atoms with Gasteiger partial charge in [0.15, 0.2) is 6.04 Å². The van der Waals surface area contributed by atoms with E-state index in [9.17, 15) is 14.4 Å². The fraction of sp³-hybridized carbons (Fsp3) is 0.526. The van der Waals surface area contributed by atoms with Gasteiger partial charge in [0.1, 0.15) is 0 Å². The van der Waals surface area contributed by atoms with Crippen molar-refractivity contribution in [3.8, 4) is 0 Å². The summed E-state index contributed by atoms with van der Waals surface area (Å²) < 4.78 is 9.86. The number of likely N-dealkylation sites (tertiary alicyclic amines) is 1. The molecule has 9 heteroatoms. The number of halogens is 2. The van der Waals surface area contributed by atoms with Crippen molar-refractivity contribution in [2.24, 2.45) is 0 Å². The van der Waals surface area contributed by atoms with Crippen LogP contribution >= 0.6 is 23.2 Å². The molecule has 28 heavy (non-hydrogen) atoms. The molecule has 2 amide bonds. The van der Waals surface area contributed by atoms with Crippen LogP contribution < -0.4 is 5.32 Å². The molecule has 1 saturated heterocycles. The zero-order chi connectivity index (χ0) is 20.8. The fourth-order valence-electron chi connectivity index (χ4n) is 3.20. The van der Waals surface area contributed by atoms with Crippen LogP contribution in [-0.2, 0) is 30.4 Å². The summed E-state index contributed by atoms with van der Waals surface area (Å²) in [6.45, 7) is 1.97. The minimum Gasteiger partial charge on any atom is -0.467 e. The Kier molecular flexibility index (Phi) is 8.10. The van der Waals surface area contributed by atoms with Gasteiger partial charge in [-0.1, -0.05) is 23.2 Å². The van der Waals surface area contributed by atoms with Gasteiger partial charge in [0.25, 0.3) is 0 Å². The lowest BCUT2D eigenvalue weighted by molar-refractivity contribution is -0.149. The molecule has 0 spiro atoms. The largest absolute Gasteiger partial charge is 0.467 e. The first kappa shape index (κ1) is 22.5. The van der Waals surface area contributed by atoms with Crippen molar-refractivity contribution in [2.75, 3.05) is 14.2 Å². The maximum atomic E-state index is 12.5. The summed E-state index contributed by atoms with van der Waals surface area (Å²) in [5, 5.41) is 3.61. The van der Waals surface area contributed by atoms with Crippen molar-refractivity contribution in [2.45, 2.75) is 50.9 Å². The fourth-order valence-corrected chi connectivity index (χ4v) is 3.77. The zero-order valence-corrected chi connectivity index (χ0v) is 17.5. The number of carbonyl (C=O) groups excluding carboxylic acids is 3. The number of carbonyl (C=O) groups is 3. The molecule has 1 fully saturated rings. The number of hydrogen-bond donors (Lipinski definition) is 1. The summed E-state index contributed by atoms with van der Waals surface area (Å²) in [6.07, 6.45) is 0.445. The lowest BCUT2D eigenvalue weighted by atomic mass is 10.1. The van der Waals surface area contributed by atoms with Gasteiger partial charge in [0.2, 0.25) is 11.8 Å². The summed E-state index contributed by atoms with van der Waals surface area (Å²) in [6, 6.07) is 3.90. The Morgan fingerprint density at radius 2 is 1.89 bits per heavy atom. The molecule has 1 aliphatic rings. The molecule has 0 bridgehead atoms. The Morgan fingerprint density at radius 1 is 1.25 bits per heavy atom. The predicted octanol–water partition coefficient (Wildman–Crippen LogP) is 2.57. The summed E-state index contributed by atoms with van der Waals surface area (Å²) in [4.78, 5) is 38.4. The Hall–Kier alpha value is -1.83. The molecule has 0 aromatic heterocycles. The molecule has 1 aliphatic heterocycles. The van der Waals surface area contributed by atoms with Gasteiger partial charge in [-0.15, -0.1) is 0 Å². The second kappa shape index (κ2) is 10.1. The monoisotopic (exact) mass is 430 g/mol. The van der Waals surface area contributed by atoms with Gasteiger partial charge in [-0.2, -0.15) is 0 Å². The molecule has 1 aromatic carbocycles. The second-order valence-electron chi connectivity index (χ2n) is 6.71. The molecule has 1 aromatic rings. The van der Waals surface area contributed by atoms with Crippen LogP contribution in [0.3, 0.4) is 0 Å². The van der Waals surface area contributed by atoms with Crippen LogP contribution in [0.4, 0.5) is 0 Å². The number of methoxy groups -OCH3 is 2. The van der Waals surface area contributed by atoms with Crippen LogP contribution in [0.15, 0.2) is 18.2 Å². The van der Waals surface area contributed by atoms with Gasteiger partial charge in [0.05, 0.1) is 13.2 Å². The number of esters is 1. The van der Waals surface area contributed by atoms with Gasteiger partial charge in [-0.25, -0.2) is 4.79 Å². The molecule has 1 heterocycles. The molecule has 1 N–H and O–H groups in total. The quantitative estimate of drug-likeness (QED) is 0.640. The Balaban J connectivity index is 2.05. The highest BCUT2D eigenvalue weighted by Gasteiger charge is 2.34. The first-order chi connectivity index (χ1) is 13.2. The maximum absolute atomic E-state index is 12.5. The molecule has 154 valence electrons. The van der Waals surface area contributed by atoms with Crippen molar-refractivity contribution >= 4 is 41.0 Å². The minimum absolute atomic E-state index is 0.0383. The van der Waals surface area contributed by atoms with E-state index in [2.05, 4.69) is 5.32 Å². The number of hydrogen-bond acceptors (Lipinski definition) is 5. The normalized spacial score (nSPS) is 18.7. The Bertz CT molecular complexity index is 723. The highest BCUT2D eigenvalue weighted by Crippen LogP contribution is 2.26. The van der Waals surface area contributed by atoms with Crippen molar-refractivity contribution in [1.82, 2.24) is 10.2 Å². The van der Waals surface area contributed by atoms with E-state index in [1.54, 1.807) is 30.0 Å². The van der Waals surface area contributed by atoms with Crippen LogP contribution in [0.1, 0.15) is 31.7 Å². The van der Waals surface area contributed by atoms with Crippen LogP contribution in [0.2, 0.25) is 10.0 Å². The van der Waals surface area contributed by atoms with Crippen LogP contribution in [0.5, 0.6) is 0 Å². The third-order valence-electron chi connectivity index (χ3n) is 4.76. The number of benzene rings is 1. The van der Waals surface area contributed by atoms with Gasteiger partial charge in [-0.3, -0.25) is 9.59 Å². The molecular formula is C19H24Cl2N2O5. The van der Waals surface area contributed by atoms with Gasteiger partial charge in [0, 0.05) is 42.6 Å².